The van der Waals surface area contributed by atoms with Gasteiger partial charge in [0, 0.05) is 12.1 Å². The summed E-state index contributed by atoms with van der Waals surface area (Å²) in [5.74, 6) is -0.793. The summed E-state index contributed by atoms with van der Waals surface area (Å²) >= 11 is 0. The number of aromatic nitrogens is 1. The lowest BCUT2D eigenvalue weighted by molar-refractivity contribution is 0.0524. The standard InChI is InChI=1S/C11H11F2N3O2/c1-2-18-11(17)6-3-8(10(12)13)16-9(5-15)7(6)4-14/h3,10H,2,4,14H2,1H3. The lowest BCUT2D eigenvalue weighted by atomic mass is 10.1. The zero-order valence-corrected chi connectivity index (χ0v) is 9.61. The van der Waals surface area contributed by atoms with E-state index < -0.39 is 18.1 Å². The molecule has 0 saturated carbocycles. The summed E-state index contributed by atoms with van der Waals surface area (Å²) in [7, 11) is 0. The summed E-state index contributed by atoms with van der Waals surface area (Å²) < 4.78 is 29.9. The van der Waals surface area contributed by atoms with Crippen molar-refractivity contribution in [3.63, 3.8) is 0 Å². The van der Waals surface area contributed by atoms with Crippen LogP contribution in [0.1, 0.15) is 40.7 Å². The number of alkyl halides is 2. The molecule has 0 radical (unpaired) electrons. The number of pyridine rings is 1. The predicted molar refractivity (Wildman–Crippen MR) is 57.8 cm³/mol. The van der Waals surface area contributed by atoms with Crippen molar-refractivity contribution in [2.75, 3.05) is 6.61 Å². The number of esters is 1. The van der Waals surface area contributed by atoms with Gasteiger partial charge in [-0.2, -0.15) is 5.26 Å². The second-order valence-electron chi connectivity index (χ2n) is 3.26. The van der Waals surface area contributed by atoms with E-state index in [-0.39, 0.29) is 30.0 Å². The van der Waals surface area contributed by atoms with Gasteiger partial charge in [0.25, 0.3) is 6.43 Å². The molecule has 0 aliphatic heterocycles. The number of rotatable bonds is 4. The Kier molecular flexibility index (Phi) is 4.68. The van der Waals surface area contributed by atoms with Gasteiger partial charge in [0.2, 0.25) is 0 Å². The van der Waals surface area contributed by atoms with Crippen molar-refractivity contribution in [2.45, 2.75) is 19.9 Å². The number of nitriles is 1. The van der Waals surface area contributed by atoms with E-state index in [1.165, 1.54) is 0 Å². The molecule has 0 amide bonds. The van der Waals surface area contributed by atoms with E-state index in [1.807, 2.05) is 0 Å². The van der Waals surface area contributed by atoms with E-state index >= 15 is 0 Å². The van der Waals surface area contributed by atoms with Gasteiger partial charge in [-0.25, -0.2) is 18.6 Å². The van der Waals surface area contributed by atoms with Gasteiger partial charge in [0.15, 0.2) is 0 Å². The molecule has 0 spiro atoms. The summed E-state index contributed by atoms with van der Waals surface area (Å²) in [6.45, 7) is 1.52. The fourth-order valence-electron chi connectivity index (χ4n) is 1.39. The van der Waals surface area contributed by atoms with Crippen molar-refractivity contribution >= 4 is 5.97 Å². The minimum Gasteiger partial charge on any atom is -0.462 e. The molecule has 96 valence electrons. The number of carbonyl (C=O) groups is 1. The Labute approximate surface area is 102 Å². The molecule has 5 nitrogen and oxygen atoms in total. The van der Waals surface area contributed by atoms with E-state index in [9.17, 15) is 13.6 Å². The molecule has 0 bridgehead atoms. The van der Waals surface area contributed by atoms with E-state index in [0.29, 0.717) is 0 Å². The summed E-state index contributed by atoms with van der Waals surface area (Å²) in [5.41, 5.74) is 4.45. The smallest absolute Gasteiger partial charge is 0.338 e. The maximum atomic E-state index is 12.6. The summed E-state index contributed by atoms with van der Waals surface area (Å²) in [4.78, 5) is 15.1. The minimum atomic E-state index is -2.88. The summed E-state index contributed by atoms with van der Waals surface area (Å²) in [6.07, 6.45) is -2.88. The number of halogens is 2. The fraction of sp³-hybridized carbons (Fsp3) is 0.364. The van der Waals surface area contributed by atoms with Crippen molar-refractivity contribution in [1.82, 2.24) is 4.98 Å². The fourth-order valence-corrected chi connectivity index (χ4v) is 1.39. The first-order chi connectivity index (χ1) is 8.54. The van der Waals surface area contributed by atoms with Gasteiger partial charge in [0.1, 0.15) is 17.5 Å². The molecule has 18 heavy (non-hydrogen) atoms. The van der Waals surface area contributed by atoms with Crippen LogP contribution in [-0.2, 0) is 11.3 Å². The first-order valence-corrected chi connectivity index (χ1v) is 5.14. The molecule has 0 fully saturated rings. The van der Waals surface area contributed by atoms with Crippen LogP contribution in [0.2, 0.25) is 0 Å². The monoisotopic (exact) mass is 255 g/mol. The Morgan fingerprint density at radius 3 is 2.78 bits per heavy atom. The summed E-state index contributed by atoms with van der Waals surface area (Å²) in [5, 5.41) is 8.83. The van der Waals surface area contributed by atoms with Gasteiger partial charge in [0.05, 0.1) is 12.2 Å². The van der Waals surface area contributed by atoms with Crippen LogP contribution in [0.25, 0.3) is 0 Å². The van der Waals surface area contributed by atoms with Crippen LogP contribution in [0.3, 0.4) is 0 Å². The molecule has 2 N–H and O–H groups in total. The van der Waals surface area contributed by atoms with Gasteiger partial charge >= 0.3 is 5.97 Å². The molecule has 0 unspecified atom stereocenters. The molecule has 0 aliphatic rings. The largest absolute Gasteiger partial charge is 0.462 e. The number of ether oxygens (including phenoxy) is 1. The number of hydrogen-bond acceptors (Lipinski definition) is 5. The molecule has 1 aromatic rings. The van der Waals surface area contributed by atoms with Crippen LogP contribution < -0.4 is 5.73 Å². The number of hydrogen-bond donors (Lipinski definition) is 1. The highest BCUT2D eigenvalue weighted by Crippen LogP contribution is 2.22. The maximum Gasteiger partial charge on any atom is 0.338 e. The number of nitrogens with zero attached hydrogens (tertiary/aromatic N) is 2. The molecule has 0 atom stereocenters. The SMILES string of the molecule is CCOC(=O)c1cc(C(F)F)nc(C#N)c1CN. The van der Waals surface area contributed by atoms with Crippen LogP contribution >= 0.6 is 0 Å². The molecule has 0 saturated heterocycles. The molecule has 1 heterocycles. The van der Waals surface area contributed by atoms with Gasteiger partial charge in [-0.15, -0.1) is 0 Å². The van der Waals surface area contributed by atoms with Crippen molar-refractivity contribution in [2.24, 2.45) is 5.73 Å². The third-order valence-electron chi connectivity index (χ3n) is 2.17. The first kappa shape index (κ1) is 14.0. The lowest BCUT2D eigenvalue weighted by Crippen LogP contribution is -2.15. The molecule has 1 aromatic heterocycles. The predicted octanol–water partition coefficient (Wildman–Crippen LogP) is 1.53. The first-order valence-electron chi connectivity index (χ1n) is 5.14. The second kappa shape index (κ2) is 6.02. The number of carbonyl (C=O) groups excluding carboxylic acids is 1. The number of nitrogens with two attached hydrogens (primary N) is 1. The normalized spacial score (nSPS) is 10.2. The Morgan fingerprint density at radius 2 is 2.33 bits per heavy atom. The maximum absolute atomic E-state index is 12.6. The lowest BCUT2D eigenvalue weighted by Gasteiger charge is -2.10. The molecule has 0 aromatic carbocycles. The van der Waals surface area contributed by atoms with Crippen molar-refractivity contribution < 1.29 is 18.3 Å². The molecule has 7 heteroatoms. The van der Waals surface area contributed by atoms with Gasteiger partial charge in [-0.05, 0) is 13.0 Å². The van der Waals surface area contributed by atoms with Crippen LogP contribution in [0.5, 0.6) is 0 Å². The molecular weight excluding hydrogens is 244 g/mol. The van der Waals surface area contributed by atoms with Crippen LogP contribution in [0.15, 0.2) is 6.07 Å². The van der Waals surface area contributed by atoms with E-state index in [0.717, 1.165) is 6.07 Å². The van der Waals surface area contributed by atoms with Crippen LogP contribution in [-0.4, -0.2) is 17.6 Å². The van der Waals surface area contributed by atoms with Crippen LogP contribution in [0, 0.1) is 11.3 Å². The van der Waals surface area contributed by atoms with Gasteiger partial charge < -0.3 is 10.5 Å². The Bertz CT molecular complexity index is 498. The Balaban J connectivity index is 3.41. The molecular formula is C11H11F2N3O2. The van der Waals surface area contributed by atoms with Crippen molar-refractivity contribution in [3.8, 4) is 6.07 Å². The molecule has 1 rings (SSSR count). The topological polar surface area (TPSA) is 89.0 Å². The average molecular weight is 255 g/mol. The van der Waals surface area contributed by atoms with Crippen molar-refractivity contribution in [3.05, 3.63) is 28.6 Å². The van der Waals surface area contributed by atoms with Gasteiger partial charge in [-0.1, -0.05) is 0 Å². The highest BCUT2D eigenvalue weighted by atomic mass is 19.3. The third kappa shape index (κ3) is 2.78. The van der Waals surface area contributed by atoms with Gasteiger partial charge in [-0.3, -0.25) is 0 Å². The second-order valence-corrected chi connectivity index (χ2v) is 3.26. The molecule has 0 aliphatic carbocycles. The zero-order valence-electron chi connectivity index (χ0n) is 9.61. The van der Waals surface area contributed by atoms with E-state index in [2.05, 4.69) is 4.98 Å². The highest BCUT2D eigenvalue weighted by Gasteiger charge is 2.21. The zero-order chi connectivity index (χ0) is 13.7. The van der Waals surface area contributed by atoms with Crippen LogP contribution in [0.4, 0.5) is 8.78 Å². The average Bonchev–Trinajstić information content (AvgIpc) is 2.37. The Morgan fingerprint density at radius 1 is 1.67 bits per heavy atom. The third-order valence-corrected chi connectivity index (χ3v) is 2.17. The quantitative estimate of drug-likeness (QED) is 0.824. The highest BCUT2D eigenvalue weighted by molar-refractivity contribution is 5.91. The minimum absolute atomic E-state index is 0.0943. The van der Waals surface area contributed by atoms with Crippen molar-refractivity contribution in [1.29, 1.82) is 5.26 Å². The Hall–Kier alpha value is -2.07. The van der Waals surface area contributed by atoms with E-state index in [1.54, 1.807) is 13.0 Å². The van der Waals surface area contributed by atoms with E-state index in [4.69, 9.17) is 15.7 Å². The summed E-state index contributed by atoms with van der Waals surface area (Å²) in [6, 6.07) is 2.56.